The van der Waals surface area contributed by atoms with E-state index in [-0.39, 0.29) is 12.1 Å². The number of nitrogens with zero attached hydrogens (tertiary/aromatic N) is 2. The molecule has 0 spiro atoms. The van der Waals surface area contributed by atoms with E-state index in [1.54, 1.807) is 24.5 Å². The molecule has 30 heavy (non-hydrogen) atoms. The molecular formula is C22H28F3N3O2. The molecule has 2 N–H and O–H groups in total. The van der Waals surface area contributed by atoms with Crippen LogP contribution in [0.25, 0.3) is 4.85 Å². The Kier molecular flexibility index (Phi) is 11.4. The van der Waals surface area contributed by atoms with E-state index in [1.165, 1.54) is 13.0 Å². The van der Waals surface area contributed by atoms with Crippen molar-refractivity contribution in [2.24, 2.45) is 0 Å². The van der Waals surface area contributed by atoms with Crippen molar-refractivity contribution in [3.63, 3.8) is 0 Å². The van der Waals surface area contributed by atoms with E-state index in [4.69, 9.17) is 6.57 Å². The van der Waals surface area contributed by atoms with Crippen molar-refractivity contribution in [2.45, 2.75) is 59.2 Å². The maximum absolute atomic E-state index is 13.0. The first-order chi connectivity index (χ1) is 14.1. The summed E-state index contributed by atoms with van der Waals surface area (Å²) in [7, 11) is 0. The minimum absolute atomic E-state index is 0.0785. The van der Waals surface area contributed by atoms with E-state index in [1.807, 2.05) is 27.7 Å². The monoisotopic (exact) mass is 423 g/mol. The fourth-order valence-electron chi connectivity index (χ4n) is 2.25. The molecule has 1 aromatic carbocycles. The molecule has 0 radical (unpaired) electrons. The van der Waals surface area contributed by atoms with Crippen molar-refractivity contribution in [1.82, 2.24) is 4.98 Å². The molecule has 0 aliphatic rings. The van der Waals surface area contributed by atoms with Crippen LogP contribution in [0.1, 0.15) is 52.2 Å². The number of aliphatic hydroxyl groups is 1. The predicted octanol–water partition coefficient (Wildman–Crippen LogP) is 6.03. The van der Waals surface area contributed by atoms with Crippen LogP contribution < -0.4 is 5.32 Å². The summed E-state index contributed by atoms with van der Waals surface area (Å²) in [5.74, 6) is -0.824. The third kappa shape index (κ3) is 8.21. The molecule has 5 nitrogen and oxygen atoms in total. The van der Waals surface area contributed by atoms with Gasteiger partial charge in [-0.3, -0.25) is 9.78 Å². The first-order valence-corrected chi connectivity index (χ1v) is 9.65. The molecule has 1 atom stereocenters. The molecule has 2 rings (SSSR count). The van der Waals surface area contributed by atoms with Crippen molar-refractivity contribution in [1.29, 1.82) is 0 Å². The number of pyridine rings is 1. The molecule has 8 heteroatoms. The lowest BCUT2D eigenvalue weighted by molar-refractivity contribution is -0.137. The third-order valence-electron chi connectivity index (χ3n) is 3.82. The Morgan fingerprint density at radius 2 is 1.70 bits per heavy atom. The molecule has 164 valence electrons. The largest absolute Gasteiger partial charge is 0.407 e. The average Bonchev–Trinajstić information content (AvgIpc) is 2.75. The van der Waals surface area contributed by atoms with Gasteiger partial charge in [0.05, 0.1) is 12.1 Å². The second-order valence-corrected chi connectivity index (χ2v) is 5.92. The number of anilines is 1. The summed E-state index contributed by atoms with van der Waals surface area (Å²) in [5.41, 5.74) is -2.74. The number of aromatic nitrogens is 1. The second kappa shape index (κ2) is 12.6. The standard InChI is InChI=1S/C18H16F3N3O2.2C2H6/c1-17(26,8-5-12-6-9-23-10-7-12)16(25)24-13-3-4-15(22-2)14(11-13)18(19,20)21;2*1-2/h3-4,6-7,9-11,26H,5,8H2,1H3,(H,24,25);2*1-2H3/t17-;;/m0../s1. The van der Waals surface area contributed by atoms with Crippen LogP contribution in [-0.4, -0.2) is 21.6 Å². The molecular weight excluding hydrogens is 395 g/mol. The van der Waals surface area contributed by atoms with Gasteiger partial charge in [0.2, 0.25) is 0 Å². The van der Waals surface area contributed by atoms with Gasteiger partial charge in [-0.05, 0) is 49.6 Å². The van der Waals surface area contributed by atoms with Crippen molar-refractivity contribution >= 4 is 17.3 Å². The van der Waals surface area contributed by atoms with Gasteiger partial charge in [-0.15, -0.1) is 0 Å². The fourth-order valence-corrected chi connectivity index (χ4v) is 2.25. The lowest BCUT2D eigenvalue weighted by Gasteiger charge is -2.22. The van der Waals surface area contributed by atoms with Gasteiger partial charge in [-0.1, -0.05) is 33.8 Å². The first kappa shape index (κ1) is 27.1. The number of alkyl halides is 3. The number of carbonyl (C=O) groups is 1. The van der Waals surface area contributed by atoms with E-state index in [0.717, 1.165) is 11.6 Å². The number of rotatable bonds is 5. The van der Waals surface area contributed by atoms with Gasteiger partial charge < -0.3 is 10.4 Å². The Balaban J connectivity index is 0.00000198. The molecule has 1 heterocycles. The van der Waals surface area contributed by atoms with Crippen LogP contribution in [0, 0.1) is 6.57 Å². The van der Waals surface area contributed by atoms with Gasteiger partial charge in [0.15, 0.2) is 5.69 Å². The minimum Gasteiger partial charge on any atom is -0.380 e. The number of aryl methyl sites for hydroxylation is 1. The highest BCUT2D eigenvalue weighted by Gasteiger charge is 2.34. The molecule has 0 fully saturated rings. The number of carbonyl (C=O) groups excluding carboxylic acids is 1. The summed E-state index contributed by atoms with van der Waals surface area (Å²) < 4.78 is 39.0. The molecule has 0 bridgehead atoms. The highest BCUT2D eigenvalue weighted by atomic mass is 19.4. The summed E-state index contributed by atoms with van der Waals surface area (Å²) in [6.45, 7) is 16.1. The topological polar surface area (TPSA) is 66.6 Å². The second-order valence-electron chi connectivity index (χ2n) is 5.92. The summed E-state index contributed by atoms with van der Waals surface area (Å²) >= 11 is 0. The number of halogens is 3. The smallest absolute Gasteiger partial charge is 0.380 e. The zero-order valence-electron chi connectivity index (χ0n) is 17.8. The van der Waals surface area contributed by atoms with Crippen LogP contribution in [-0.2, 0) is 17.4 Å². The van der Waals surface area contributed by atoms with Crippen LogP contribution in [0.4, 0.5) is 24.5 Å². The summed E-state index contributed by atoms with van der Waals surface area (Å²) in [6, 6.07) is 6.35. The number of hydrogen-bond donors (Lipinski definition) is 2. The van der Waals surface area contributed by atoms with Crippen LogP contribution >= 0.6 is 0 Å². The van der Waals surface area contributed by atoms with Gasteiger partial charge in [-0.2, -0.15) is 13.2 Å². The fraction of sp³-hybridized carbons (Fsp3) is 0.409. The number of amides is 1. The minimum atomic E-state index is -4.72. The number of benzene rings is 1. The van der Waals surface area contributed by atoms with Crippen molar-refractivity contribution in [3.8, 4) is 0 Å². The van der Waals surface area contributed by atoms with Gasteiger partial charge in [0.1, 0.15) is 5.60 Å². The van der Waals surface area contributed by atoms with Crippen molar-refractivity contribution in [3.05, 3.63) is 65.3 Å². The van der Waals surface area contributed by atoms with Crippen molar-refractivity contribution < 1.29 is 23.1 Å². The predicted molar refractivity (Wildman–Crippen MR) is 112 cm³/mol. The maximum atomic E-state index is 13.0. The number of hydrogen-bond acceptors (Lipinski definition) is 3. The lowest BCUT2D eigenvalue weighted by atomic mass is 9.96. The summed E-state index contributed by atoms with van der Waals surface area (Å²) in [6.07, 6.45) is -1.07. The molecule has 0 aliphatic carbocycles. The molecule has 0 unspecified atom stereocenters. The Labute approximate surface area is 175 Å². The Bertz CT molecular complexity index is 830. The lowest BCUT2D eigenvalue weighted by Crippen LogP contribution is -2.40. The Hall–Kier alpha value is -2.92. The molecule has 1 aromatic heterocycles. The van der Waals surface area contributed by atoms with E-state index in [9.17, 15) is 23.1 Å². The quantitative estimate of drug-likeness (QED) is 0.578. The zero-order chi connectivity index (χ0) is 23.4. The molecule has 0 aliphatic heterocycles. The van der Waals surface area contributed by atoms with Crippen molar-refractivity contribution in [2.75, 3.05) is 5.32 Å². The maximum Gasteiger partial charge on any atom is 0.407 e. The average molecular weight is 423 g/mol. The first-order valence-electron chi connectivity index (χ1n) is 9.65. The summed E-state index contributed by atoms with van der Waals surface area (Å²) in [4.78, 5) is 19.0. The van der Waals surface area contributed by atoms with Crippen LogP contribution in [0.3, 0.4) is 0 Å². The normalized spacial score (nSPS) is 12.1. The zero-order valence-corrected chi connectivity index (χ0v) is 17.8. The number of nitrogens with one attached hydrogen (secondary N) is 1. The molecule has 2 aromatic rings. The van der Waals surface area contributed by atoms with Crippen LogP contribution in [0.2, 0.25) is 0 Å². The Morgan fingerprint density at radius 1 is 1.13 bits per heavy atom. The highest BCUT2D eigenvalue weighted by molar-refractivity contribution is 5.97. The third-order valence-corrected chi connectivity index (χ3v) is 3.82. The highest BCUT2D eigenvalue weighted by Crippen LogP contribution is 2.38. The van der Waals surface area contributed by atoms with Gasteiger partial charge in [0.25, 0.3) is 5.91 Å². The molecule has 1 amide bonds. The van der Waals surface area contributed by atoms with E-state index >= 15 is 0 Å². The Morgan fingerprint density at radius 3 is 2.20 bits per heavy atom. The van der Waals surface area contributed by atoms with Gasteiger partial charge in [0, 0.05) is 18.1 Å². The van der Waals surface area contributed by atoms with E-state index in [2.05, 4.69) is 15.1 Å². The van der Waals surface area contributed by atoms with E-state index in [0.29, 0.717) is 12.5 Å². The van der Waals surface area contributed by atoms with Gasteiger partial charge >= 0.3 is 6.18 Å². The van der Waals surface area contributed by atoms with Gasteiger partial charge in [-0.25, -0.2) is 4.85 Å². The molecule has 0 saturated heterocycles. The molecule has 0 saturated carbocycles. The van der Waals surface area contributed by atoms with Crippen LogP contribution in [0.5, 0.6) is 0 Å². The SMILES string of the molecule is CC.CC.[C-]#[N+]c1ccc(NC(=O)[C@@](C)(O)CCc2ccncc2)cc1C(F)(F)F. The van der Waals surface area contributed by atoms with E-state index < -0.39 is 28.9 Å². The summed E-state index contributed by atoms with van der Waals surface area (Å²) in [5, 5.41) is 12.6. The van der Waals surface area contributed by atoms with Crippen LogP contribution in [0.15, 0.2) is 42.7 Å².